The molecule has 0 aliphatic heterocycles. The molecule has 110 valence electrons. The van der Waals surface area contributed by atoms with Crippen molar-refractivity contribution in [1.82, 2.24) is 9.88 Å². The summed E-state index contributed by atoms with van der Waals surface area (Å²) in [5, 5.41) is 10.1. The van der Waals surface area contributed by atoms with Crippen LogP contribution in [0.15, 0.2) is 6.20 Å². The number of amides is 1. The topological polar surface area (TPSA) is 70.5 Å². The van der Waals surface area contributed by atoms with E-state index in [1.54, 1.807) is 29.5 Å². The highest BCUT2D eigenvalue weighted by Gasteiger charge is 2.32. The number of aliphatic carboxylic acids is 1. The van der Waals surface area contributed by atoms with Crippen LogP contribution in [0.5, 0.6) is 0 Å². The van der Waals surface area contributed by atoms with E-state index in [-0.39, 0.29) is 17.7 Å². The van der Waals surface area contributed by atoms with Crippen LogP contribution in [0, 0.1) is 18.8 Å². The summed E-state index contributed by atoms with van der Waals surface area (Å²) in [6, 6.07) is 0. The van der Waals surface area contributed by atoms with Crippen molar-refractivity contribution >= 4 is 23.2 Å². The van der Waals surface area contributed by atoms with Gasteiger partial charge in [-0.05, 0) is 26.2 Å². The van der Waals surface area contributed by atoms with Crippen LogP contribution in [0.3, 0.4) is 0 Å². The van der Waals surface area contributed by atoms with Crippen LogP contribution in [0.2, 0.25) is 0 Å². The van der Waals surface area contributed by atoms with Gasteiger partial charge in [0, 0.05) is 24.0 Å². The predicted octanol–water partition coefficient (Wildman–Crippen LogP) is 2.30. The van der Waals surface area contributed by atoms with Crippen molar-refractivity contribution in [2.24, 2.45) is 11.8 Å². The molecule has 2 rings (SSSR count). The molecule has 6 heteroatoms. The van der Waals surface area contributed by atoms with Gasteiger partial charge >= 0.3 is 5.97 Å². The summed E-state index contributed by atoms with van der Waals surface area (Å²) < 4.78 is 0. The summed E-state index contributed by atoms with van der Waals surface area (Å²) in [5.41, 5.74) is 0. The number of hydrogen-bond acceptors (Lipinski definition) is 4. The number of aromatic nitrogens is 1. The third-order valence-electron chi connectivity index (χ3n) is 3.81. The lowest BCUT2D eigenvalue weighted by atomic mass is 9.81. The van der Waals surface area contributed by atoms with Crippen molar-refractivity contribution < 1.29 is 14.7 Å². The fraction of sp³-hybridized carbons (Fsp3) is 0.643. The average Bonchev–Trinajstić information content (AvgIpc) is 2.83. The van der Waals surface area contributed by atoms with E-state index in [4.69, 9.17) is 5.11 Å². The van der Waals surface area contributed by atoms with Gasteiger partial charge in [0.2, 0.25) is 5.91 Å². The van der Waals surface area contributed by atoms with E-state index in [1.807, 2.05) is 6.92 Å². The summed E-state index contributed by atoms with van der Waals surface area (Å²) in [6.07, 6.45) is 4.58. The van der Waals surface area contributed by atoms with Crippen LogP contribution in [-0.4, -0.2) is 33.9 Å². The number of rotatable bonds is 4. The molecule has 0 saturated heterocycles. The van der Waals surface area contributed by atoms with E-state index in [0.717, 1.165) is 22.7 Å². The van der Waals surface area contributed by atoms with Gasteiger partial charge in [0.15, 0.2) is 0 Å². The Kier molecular flexibility index (Phi) is 4.75. The van der Waals surface area contributed by atoms with Crippen molar-refractivity contribution in [3.05, 3.63) is 16.1 Å². The van der Waals surface area contributed by atoms with Gasteiger partial charge in [0.1, 0.15) is 0 Å². The minimum Gasteiger partial charge on any atom is -0.481 e. The maximum atomic E-state index is 12.4. The predicted molar refractivity (Wildman–Crippen MR) is 76.4 cm³/mol. The van der Waals surface area contributed by atoms with Crippen LogP contribution < -0.4 is 0 Å². The minimum atomic E-state index is -0.775. The Morgan fingerprint density at radius 3 is 2.75 bits per heavy atom. The molecule has 1 aromatic heterocycles. The molecule has 1 amide bonds. The quantitative estimate of drug-likeness (QED) is 0.925. The molecule has 1 N–H and O–H groups in total. The fourth-order valence-electron chi connectivity index (χ4n) is 2.74. The third kappa shape index (κ3) is 3.56. The second kappa shape index (κ2) is 6.35. The van der Waals surface area contributed by atoms with E-state index in [2.05, 4.69) is 4.98 Å². The highest BCUT2D eigenvalue weighted by Crippen LogP contribution is 2.30. The lowest BCUT2D eigenvalue weighted by molar-refractivity contribution is -0.145. The Morgan fingerprint density at radius 1 is 1.45 bits per heavy atom. The first-order valence-electron chi connectivity index (χ1n) is 6.86. The molecule has 1 aromatic rings. The molecule has 2 unspecified atom stereocenters. The number of carbonyl (C=O) groups excluding carboxylic acids is 1. The fourth-order valence-corrected chi connectivity index (χ4v) is 3.59. The van der Waals surface area contributed by atoms with Gasteiger partial charge in [-0.25, -0.2) is 4.98 Å². The van der Waals surface area contributed by atoms with Gasteiger partial charge in [0.05, 0.1) is 17.5 Å². The van der Waals surface area contributed by atoms with Crippen molar-refractivity contribution in [3.63, 3.8) is 0 Å². The number of aryl methyl sites for hydroxylation is 1. The third-order valence-corrected chi connectivity index (χ3v) is 4.71. The lowest BCUT2D eigenvalue weighted by Crippen LogP contribution is -2.36. The standard InChI is InChI=1S/C14H20N2O3S/c1-9-15-7-12(20-9)8-16(2)13(17)10-4-3-5-11(6-10)14(18)19/h7,10-11H,3-6,8H2,1-2H3,(H,18,19). The van der Waals surface area contributed by atoms with Crippen LogP contribution >= 0.6 is 11.3 Å². The highest BCUT2D eigenvalue weighted by molar-refractivity contribution is 7.11. The molecule has 1 aliphatic carbocycles. The number of carboxylic acids is 1. The molecule has 5 nitrogen and oxygen atoms in total. The number of carboxylic acid groups (broad SMARTS) is 1. The maximum Gasteiger partial charge on any atom is 0.306 e. The van der Waals surface area contributed by atoms with E-state index >= 15 is 0 Å². The molecule has 20 heavy (non-hydrogen) atoms. The van der Waals surface area contributed by atoms with Crippen molar-refractivity contribution in [1.29, 1.82) is 0 Å². The Balaban J connectivity index is 1.94. The first kappa shape index (κ1) is 15.0. The highest BCUT2D eigenvalue weighted by atomic mass is 32.1. The largest absolute Gasteiger partial charge is 0.481 e. The molecule has 2 atom stereocenters. The van der Waals surface area contributed by atoms with Crippen molar-refractivity contribution in [2.45, 2.75) is 39.2 Å². The van der Waals surface area contributed by atoms with E-state index in [1.165, 1.54) is 0 Å². The number of nitrogens with zero attached hydrogens (tertiary/aromatic N) is 2. The smallest absolute Gasteiger partial charge is 0.306 e. The zero-order valence-corrected chi connectivity index (χ0v) is 12.7. The molecule has 1 heterocycles. The van der Waals surface area contributed by atoms with Gasteiger partial charge in [-0.2, -0.15) is 0 Å². The molecule has 1 fully saturated rings. The van der Waals surface area contributed by atoms with Crippen LogP contribution in [0.1, 0.15) is 35.6 Å². The first-order chi connectivity index (χ1) is 9.47. The molecule has 1 saturated carbocycles. The van der Waals surface area contributed by atoms with Gasteiger partial charge in [-0.15, -0.1) is 11.3 Å². The Hall–Kier alpha value is -1.43. The molecular weight excluding hydrogens is 276 g/mol. The number of hydrogen-bond donors (Lipinski definition) is 1. The summed E-state index contributed by atoms with van der Waals surface area (Å²) >= 11 is 1.59. The summed E-state index contributed by atoms with van der Waals surface area (Å²) in [4.78, 5) is 30.4. The second-order valence-corrected chi connectivity index (χ2v) is 6.76. The SMILES string of the molecule is Cc1ncc(CN(C)C(=O)C2CCCC(C(=O)O)C2)s1. The molecule has 1 aliphatic rings. The van der Waals surface area contributed by atoms with Gasteiger partial charge < -0.3 is 10.0 Å². The zero-order valence-electron chi connectivity index (χ0n) is 11.8. The van der Waals surface area contributed by atoms with Gasteiger partial charge in [-0.3, -0.25) is 9.59 Å². The first-order valence-corrected chi connectivity index (χ1v) is 7.68. The molecule has 0 radical (unpaired) electrons. The van der Waals surface area contributed by atoms with Crippen LogP contribution in [0.4, 0.5) is 0 Å². The van der Waals surface area contributed by atoms with Gasteiger partial charge in [-0.1, -0.05) is 6.42 Å². The normalized spacial score (nSPS) is 22.5. The molecule has 0 aromatic carbocycles. The summed E-state index contributed by atoms with van der Waals surface area (Å²) in [6.45, 7) is 2.49. The Bertz CT molecular complexity index is 500. The molecule has 0 bridgehead atoms. The van der Waals surface area contributed by atoms with Crippen molar-refractivity contribution in [3.8, 4) is 0 Å². The average molecular weight is 296 g/mol. The number of thiazole rings is 1. The van der Waals surface area contributed by atoms with E-state index in [9.17, 15) is 9.59 Å². The Morgan fingerprint density at radius 2 is 2.15 bits per heavy atom. The zero-order chi connectivity index (χ0) is 14.7. The van der Waals surface area contributed by atoms with Crippen LogP contribution in [0.25, 0.3) is 0 Å². The summed E-state index contributed by atoms with van der Waals surface area (Å²) in [5.74, 6) is -1.23. The van der Waals surface area contributed by atoms with Crippen molar-refractivity contribution in [2.75, 3.05) is 7.05 Å². The van der Waals surface area contributed by atoms with Gasteiger partial charge in [0.25, 0.3) is 0 Å². The second-order valence-electron chi connectivity index (χ2n) is 5.44. The van der Waals surface area contributed by atoms with E-state index in [0.29, 0.717) is 19.4 Å². The number of carbonyl (C=O) groups is 2. The Labute approximate surface area is 122 Å². The monoisotopic (exact) mass is 296 g/mol. The summed E-state index contributed by atoms with van der Waals surface area (Å²) in [7, 11) is 1.78. The minimum absolute atomic E-state index is 0.0574. The van der Waals surface area contributed by atoms with Crippen LogP contribution in [-0.2, 0) is 16.1 Å². The molecular formula is C14H20N2O3S. The molecule has 0 spiro atoms. The van der Waals surface area contributed by atoms with E-state index < -0.39 is 5.97 Å². The lowest BCUT2D eigenvalue weighted by Gasteiger charge is -2.29. The maximum absolute atomic E-state index is 12.4.